The summed E-state index contributed by atoms with van der Waals surface area (Å²) in [5, 5.41) is 8.95. The maximum atomic E-state index is 12.0. The number of amides is 2. The highest BCUT2D eigenvalue weighted by molar-refractivity contribution is 7.10. The van der Waals surface area contributed by atoms with Gasteiger partial charge in [0.15, 0.2) is 5.96 Å². The van der Waals surface area contributed by atoms with Crippen molar-refractivity contribution in [1.29, 1.82) is 0 Å². The Bertz CT molecular complexity index is 710. The number of likely N-dealkylation sites (tertiary alicyclic amines) is 1. The van der Waals surface area contributed by atoms with Crippen LogP contribution >= 0.6 is 11.3 Å². The highest BCUT2D eigenvalue weighted by Crippen LogP contribution is 2.26. The van der Waals surface area contributed by atoms with E-state index < -0.39 is 0 Å². The van der Waals surface area contributed by atoms with Gasteiger partial charge in [-0.2, -0.15) is 0 Å². The maximum absolute atomic E-state index is 12.0. The average molecular weight is 438 g/mol. The molecule has 0 atom stereocenters. The molecule has 168 valence electrons. The number of hydrogen-bond acceptors (Lipinski definition) is 5. The van der Waals surface area contributed by atoms with Crippen molar-refractivity contribution in [2.45, 2.75) is 45.1 Å². The molecule has 0 aromatic carbocycles. The summed E-state index contributed by atoms with van der Waals surface area (Å²) in [7, 11) is 3.45. The Labute approximate surface area is 183 Å². The molecule has 1 aliphatic heterocycles. The van der Waals surface area contributed by atoms with Crippen molar-refractivity contribution in [1.82, 2.24) is 20.4 Å². The van der Waals surface area contributed by atoms with Crippen LogP contribution in [-0.2, 0) is 14.9 Å². The van der Waals surface area contributed by atoms with E-state index in [4.69, 9.17) is 4.74 Å². The van der Waals surface area contributed by atoms with Crippen LogP contribution in [0.5, 0.6) is 0 Å². The first-order valence-corrected chi connectivity index (χ1v) is 11.3. The van der Waals surface area contributed by atoms with E-state index in [-0.39, 0.29) is 30.0 Å². The standard InChI is InChI=1S/C21H35N5O3S/c1-6-29-20(28)26-11-9-16(10-12-26)24-19(22-14-18(27)25(4)5)23-15-21(2,3)17-8-7-13-30-17/h7-8,13,16H,6,9-12,14-15H2,1-5H3,(H2,22,23,24). The van der Waals surface area contributed by atoms with Gasteiger partial charge < -0.3 is 25.2 Å². The van der Waals surface area contributed by atoms with Gasteiger partial charge in [0.05, 0.1) is 6.61 Å². The minimum absolute atomic E-state index is 0.0502. The van der Waals surface area contributed by atoms with Gasteiger partial charge in [-0.1, -0.05) is 19.9 Å². The van der Waals surface area contributed by atoms with Gasteiger partial charge >= 0.3 is 6.09 Å². The number of piperidine rings is 1. The van der Waals surface area contributed by atoms with E-state index in [0.29, 0.717) is 32.2 Å². The van der Waals surface area contributed by atoms with E-state index in [9.17, 15) is 9.59 Å². The Morgan fingerprint density at radius 2 is 2.03 bits per heavy atom. The highest BCUT2D eigenvalue weighted by Gasteiger charge is 2.26. The molecule has 2 heterocycles. The number of hydrogen-bond donors (Lipinski definition) is 2. The minimum Gasteiger partial charge on any atom is -0.450 e. The number of rotatable bonds is 7. The fourth-order valence-corrected chi connectivity index (χ4v) is 3.96. The quantitative estimate of drug-likeness (QED) is 0.505. The van der Waals surface area contributed by atoms with Crippen LogP contribution in [0.2, 0.25) is 0 Å². The number of thiophene rings is 1. The molecule has 0 saturated carbocycles. The Balaban J connectivity index is 1.97. The smallest absolute Gasteiger partial charge is 0.409 e. The SMILES string of the molecule is CCOC(=O)N1CCC(NC(=NCC(=O)N(C)C)NCC(C)(C)c2cccs2)CC1. The third kappa shape index (κ3) is 7.19. The fourth-order valence-electron chi connectivity index (χ4n) is 3.11. The van der Waals surface area contributed by atoms with Crippen molar-refractivity contribution in [2.24, 2.45) is 4.99 Å². The average Bonchev–Trinajstić information content (AvgIpc) is 3.26. The zero-order chi connectivity index (χ0) is 22.1. The summed E-state index contributed by atoms with van der Waals surface area (Å²) in [6, 6.07) is 4.38. The molecule has 2 amide bonds. The van der Waals surface area contributed by atoms with E-state index in [0.717, 1.165) is 12.8 Å². The van der Waals surface area contributed by atoms with E-state index in [1.54, 1.807) is 30.3 Å². The summed E-state index contributed by atoms with van der Waals surface area (Å²) < 4.78 is 5.09. The lowest BCUT2D eigenvalue weighted by Crippen LogP contribution is -2.51. The lowest BCUT2D eigenvalue weighted by atomic mass is 9.91. The third-order valence-electron chi connectivity index (χ3n) is 5.12. The van der Waals surface area contributed by atoms with Gasteiger partial charge in [-0.05, 0) is 31.2 Å². The topological polar surface area (TPSA) is 86.3 Å². The summed E-state index contributed by atoms with van der Waals surface area (Å²) >= 11 is 1.74. The second-order valence-corrected chi connectivity index (χ2v) is 9.22. The van der Waals surface area contributed by atoms with E-state index >= 15 is 0 Å². The zero-order valence-electron chi connectivity index (χ0n) is 18.7. The Morgan fingerprint density at radius 1 is 1.33 bits per heavy atom. The molecular formula is C21H35N5O3S. The van der Waals surface area contributed by atoms with Crippen molar-refractivity contribution in [3.8, 4) is 0 Å². The van der Waals surface area contributed by atoms with Gasteiger partial charge in [0.1, 0.15) is 6.54 Å². The van der Waals surface area contributed by atoms with Gasteiger partial charge in [-0.15, -0.1) is 11.3 Å². The van der Waals surface area contributed by atoms with Crippen LogP contribution in [0.15, 0.2) is 22.5 Å². The van der Waals surface area contributed by atoms with Crippen molar-refractivity contribution in [2.75, 3.05) is 46.9 Å². The Kier molecular flexibility index (Phi) is 8.95. The zero-order valence-corrected chi connectivity index (χ0v) is 19.6. The third-order valence-corrected chi connectivity index (χ3v) is 6.35. The molecule has 30 heavy (non-hydrogen) atoms. The lowest BCUT2D eigenvalue weighted by molar-refractivity contribution is -0.127. The van der Waals surface area contributed by atoms with Crippen LogP contribution in [-0.4, -0.2) is 80.7 Å². The van der Waals surface area contributed by atoms with Crippen LogP contribution in [0.3, 0.4) is 0 Å². The van der Waals surface area contributed by atoms with Crippen molar-refractivity contribution < 1.29 is 14.3 Å². The largest absolute Gasteiger partial charge is 0.450 e. The number of carbonyl (C=O) groups excluding carboxylic acids is 2. The van der Waals surface area contributed by atoms with Crippen LogP contribution in [0.4, 0.5) is 4.79 Å². The molecule has 1 saturated heterocycles. The first-order chi connectivity index (χ1) is 14.2. The first kappa shape index (κ1) is 24.0. The number of ether oxygens (including phenoxy) is 1. The second-order valence-electron chi connectivity index (χ2n) is 8.27. The van der Waals surface area contributed by atoms with Gasteiger partial charge in [0, 0.05) is 50.1 Å². The summed E-state index contributed by atoms with van der Waals surface area (Å²) in [5.41, 5.74) is -0.0601. The monoisotopic (exact) mass is 437 g/mol. The summed E-state index contributed by atoms with van der Waals surface area (Å²) in [6.07, 6.45) is 1.35. The predicted octanol–water partition coefficient (Wildman–Crippen LogP) is 2.27. The molecule has 0 spiro atoms. The molecule has 1 aromatic rings. The first-order valence-electron chi connectivity index (χ1n) is 10.4. The second kappa shape index (κ2) is 11.2. The van der Waals surface area contributed by atoms with Crippen LogP contribution in [0.25, 0.3) is 0 Å². The van der Waals surface area contributed by atoms with Gasteiger partial charge in [-0.3, -0.25) is 4.79 Å². The summed E-state index contributed by atoms with van der Waals surface area (Å²) in [5.74, 6) is 0.579. The number of aliphatic imine (C=N–C) groups is 1. The molecule has 1 aliphatic rings. The molecule has 2 N–H and O–H groups in total. The van der Waals surface area contributed by atoms with Crippen molar-refractivity contribution >= 4 is 29.3 Å². The normalized spacial score (nSPS) is 15.6. The van der Waals surface area contributed by atoms with E-state index in [1.165, 1.54) is 9.78 Å². The number of nitrogens with zero attached hydrogens (tertiary/aromatic N) is 3. The molecule has 0 bridgehead atoms. The van der Waals surface area contributed by atoms with Crippen molar-refractivity contribution in [3.63, 3.8) is 0 Å². The molecule has 8 nitrogen and oxygen atoms in total. The lowest BCUT2D eigenvalue weighted by Gasteiger charge is -2.33. The van der Waals surface area contributed by atoms with E-state index in [1.807, 2.05) is 6.92 Å². The molecular weight excluding hydrogens is 402 g/mol. The number of guanidine groups is 1. The number of carbonyl (C=O) groups is 2. The molecule has 1 aromatic heterocycles. The molecule has 0 aliphatic carbocycles. The predicted molar refractivity (Wildman–Crippen MR) is 121 cm³/mol. The maximum Gasteiger partial charge on any atom is 0.409 e. The minimum atomic E-state index is -0.253. The van der Waals surface area contributed by atoms with Crippen molar-refractivity contribution in [3.05, 3.63) is 22.4 Å². The number of nitrogens with one attached hydrogen (secondary N) is 2. The van der Waals surface area contributed by atoms with Crippen LogP contribution in [0.1, 0.15) is 38.5 Å². The molecule has 0 unspecified atom stereocenters. The van der Waals surface area contributed by atoms with E-state index in [2.05, 4.69) is 47.0 Å². The number of likely N-dealkylation sites (N-methyl/N-ethyl adjacent to an activating group) is 1. The van der Waals surface area contributed by atoms with Gasteiger partial charge in [0.25, 0.3) is 0 Å². The Morgan fingerprint density at radius 3 is 2.60 bits per heavy atom. The molecule has 0 radical (unpaired) electrons. The van der Waals surface area contributed by atoms with Gasteiger partial charge in [-0.25, -0.2) is 9.79 Å². The fraction of sp³-hybridized carbons (Fsp3) is 0.667. The molecule has 9 heteroatoms. The molecule has 1 fully saturated rings. The highest BCUT2D eigenvalue weighted by atomic mass is 32.1. The van der Waals surface area contributed by atoms with Crippen LogP contribution in [0, 0.1) is 0 Å². The van der Waals surface area contributed by atoms with Crippen LogP contribution < -0.4 is 10.6 Å². The van der Waals surface area contributed by atoms with Gasteiger partial charge in [0.2, 0.25) is 5.91 Å². The molecule has 2 rings (SSSR count). The summed E-state index contributed by atoms with van der Waals surface area (Å²) in [6.45, 7) is 8.63. The summed E-state index contributed by atoms with van der Waals surface area (Å²) in [4.78, 5) is 33.0. The Hall–Kier alpha value is -2.29.